The fourth-order valence-corrected chi connectivity index (χ4v) is 8.75. The summed E-state index contributed by atoms with van der Waals surface area (Å²) in [5.74, 6) is -2.02. The van der Waals surface area contributed by atoms with Crippen molar-refractivity contribution in [3.8, 4) is 22.8 Å². The molecule has 1 saturated carbocycles. The number of ether oxygens (including phenoxy) is 2. The van der Waals surface area contributed by atoms with Crippen molar-refractivity contribution in [2.75, 3.05) is 26.7 Å². The summed E-state index contributed by atoms with van der Waals surface area (Å²) in [6.45, 7) is 3.48. The molecule has 3 fully saturated rings. The van der Waals surface area contributed by atoms with Crippen molar-refractivity contribution in [3.05, 3.63) is 66.7 Å². The number of benzene rings is 2. The molecule has 2 saturated heterocycles. The lowest BCUT2D eigenvalue weighted by Crippen LogP contribution is -2.55. The Morgan fingerprint density at radius 3 is 2.52 bits per heavy atom. The minimum atomic E-state index is -1.42. The number of pyridine rings is 1. The third-order valence-corrected chi connectivity index (χ3v) is 12.0. The monoisotopic (exact) mass is 736 g/mol. The van der Waals surface area contributed by atoms with Gasteiger partial charge in [-0.15, -0.1) is 0 Å². The number of carbonyl (C=O) groups is 4. The zero-order chi connectivity index (χ0) is 37.8. The van der Waals surface area contributed by atoms with Crippen LogP contribution in [0.4, 0.5) is 0 Å². The molecule has 0 bridgehead atoms. The Morgan fingerprint density at radius 2 is 1.78 bits per heavy atom. The first-order chi connectivity index (χ1) is 26.2. The van der Waals surface area contributed by atoms with Crippen LogP contribution in [0.1, 0.15) is 77.6 Å². The number of rotatable bonds is 8. The molecule has 6 atom stereocenters. The summed E-state index contributed by atoms with van der Waals surface area (Å²) in [7, 11) is 1.61. The summed E-state index contributed by atoms with van der Waals surface area (Å²) in [5, 5.41) is 14.1. The fraction of sp³-hybridized carbons (Fsp3) is 0.512. The highest BCUT2D eigenvalue weighted by atomic mass is 16.5. The standard InChI is InChI=1S/C43H52N4O7/c1-3-32-37(54-36-25-34(28-15-10-7-11-16-28)44-35-24-31(53-2)19-20-33(35)36)27-47-39(32)40(49)45-43(42(51)52)26-30(43)18-12-6-4-5-9-17-29(41(47)50)23-38(48)46-21-13-8-14-22-46/h7,10-12,15-16,18-20,24-25,29-30,32,37,39H,3-6,8-9,13-14,17,21-23,26-27H2,1-2H3,(H,45,49)(H,51,52)/t29-,30?,32?,37-,39-,43?/m0/s1. The lowest BCUT2D eigenvalue weighted by atomic mass is 9.92. The molecule has 3 aromatic rings. The molecule has 0 spiro atoms. The van der Waals surface area contributed by atoms with Gasteiger partial charge in [0.1, 0.15) is 29.2 Å². The summed E-state index contributed by atoms with van der Waals surface area (Å²) in [5.41, 5.74) is 0.858. The van der Waals surface area contributed by atoms with E-state index >= 15 is 0 Å². The van der Waals surface area contributed by atoms with Gasteiger partial charge >= 0.3 is 5.97 Å². The lowest BCUT2D eigenvalue weighted by Gasteiger charge is -2.32. The zero-order valence-electron chi connectivity index (χ0n) is 31.4. The maximum atomic E-state index is 14.9. The molecule has 2 aromatic carbocycles. The molecule has 3 aliphatic heterocycles. The van der Waals surface area contributed by atoms with Crippen LogP contribution in [0.15, 0.2) is 66.7 Å². The SMILES string of the molecule is CCC1[C@@H](Oc2cc(-c3ccccc3)nc3cc(OC)ccc23)CN2C(=O)[C@H](CC(=O)N3CCCCC3)CCCCCC=CC3CC3(C(=O)O)NC(=O)[C@H]12. The smallest absolute Gasteiger partial charge is 0.330 e. The largest absolute Gasteiger partial charge is 0.497 e. The van der Waals surface area contributed by atoms with Gasteiger partial charge in [0.25, 0.3) is 0 Å². The van der Waals surface area contributed by atoms with Crippen molar-refractivity contribution in [1.82, 2.24) is 20.1 Å². The highest BCUT2D eigenvalue weighted by Crippen LogP contribution is 2.46. The highest BCUT2D eigenvalue weighted by Gasteiger charge is 2.62. The topological polar surface area (TPSA) is 138 Å². The number of aliphatic carboxylic acids is 1. The number of carboxylic acid groups (broad SMARTS) is 1. The van der Waals surface area contributed by atoms with Gasteiger partial charge in [-0.25, -0.2) is 9.78 Å². The number of hydrogen-bond donors (Lipinski definition) is 2. The number of carboxylic acids is 1. The van der Waals surface area contributed by atoms with Crippen LogP contribution in [0, 0.1) is 17.8 Å². The average molecular weight is 737 g/mol. The van der Waals surface area contributed by atoms with E-state index in [2.05, 4.69) is 5.32 Å². The quantitative estimate of drug-likeness (QED) is 0.254. The van der Waals surface area contributed by atoms with E-state index in [-0.39, 0.29) is 30.7 Å². The second kappa shape index (κ2) is 16.2. The van der Waals surface area contributed by atoms with Crippen LogP contribution in [0.5, 0.6) is 11.5 Å². The van der Waals surface area contributed by atoms with Crippen LogP contribution in [-0.2, 0) is 19.2 Å². The molecule has 2 N–H and O–H groups in total. The summed E-state index contributed by atoms with van der Waals surface area (Å²) < 4.78 is 12.4. The molecule has 1 aromatic heterocycles. The molecule has 7 rings (SSSR count). The van der Waals surface area contributed by atoms with Crippen molar-refractivity contribution >= 4 is 34.6 Å². The number of hydrogen-bond acceptors (Lipinski definition) is 7. The van der Waals surface area contributed by atoms with Crippen molar-refractivity contribution in [2.24, 2.45) is 17.8 Å². The second-order valence-electron chi connectivity index (χ2n) is 15.4. The summed E-state index contributed by atoms with van der Waals surface area (Å²) in [4.78, 5) is 64.2. The van der Waals surface area contributed by atoms with E-state index in [1.807, 2.05) is 78.6 Å². The number of methoxy groups -OCH3 is 1. The Kier molecular flexibility index (Phi) is 11.2. The number of nitrogens with one attached hydrogen (secondary N) is 1. The number of fused-ring (bicyclic) bond motifs is 3. The Balaban J connectivity index is 1.26. The van der Waals surface area contributed by atoms with Gasteiger partial charge in [0.2, 0.25) is 17.7 Å². The van der Waals surface area contributed by atoms with Crippen molar-refractivity contribution < 1.29 is 33.8 Å². The number of amides is 3. The molecule has 0 radical (unpaired) electrons. The normalized spacial score (nSPS) is 27.6. The van der Waals surface area contributed by atoms with E-state index < -0.39 is 41.4 Å². The van der Waals surface area contributed by atoms with Crippen LogP contribution in [0.2, 0.25) is 0 Å². The van der Waals surface area contributed by atoms with Gasteiger partial charge in [-0.1, -0.05) is 62.2 Å². The van der Waals surface area contributed by atoms with E-state index in [9.17, 15) is 24.3 Å². The van der Waals surface area contributed by atoms with Crippen LogP contribution < -0.4 is 14.8 Å². The van der Waals surface area contributed by atoms with Crippen molar-refractivity contribution in [1.29, 1.82) is 0 Å². The lowest BCUT2D eigenvalue weighted by molar-refractivity contribution is -0.148. The van der Waals surface area contributed by atoms with Crippen LogP contribution in [0.25, 0.3) is 22.2 Å². The molecule has 286 valence electrons. The Bertz CT molecular complexity index is 1890. The predicted molar refractivity (Wildman–Crippen MR) is 205 cm³/mol. The van der Waals surface area contributed by atoms with Crippen LogP contribution in [-0.4, -0.2) is 88.0 Å². The molecule has 11 heteroatoms. The van der Waals surface area contributed by atoms with Crippen LogP contribution in [0.3, 0.4) is 0 Å². The van der Waals surface area contributed by atoms with Gasteiger partial charge in [0.15, 0.2) is 0 Å². The number of nitrogens with zero attached hydrogens (tertiary/aromatic N) is 3. The van der Waals surface area contributed by atoms with E-state index in [4.69, 9.17) is 14.5 Å². The number of carbonyl (C=O) groups excluding carboxylic acids is 3. The molecular formula is C43H52N4O7. The van der Waals surface area contributed by atoms with Crippen molar-refractivity contribution in [3.63, 3.8) is 0 Å². The molecule has 3 amide bonds. The number of likely N-dealkylation sites (tertiary alicyclic amines) is 1. The second-order valence-corrected chi connectivity index (χ2v) is 15.4. The first-order valence-electron chi connectivity index (χ1n) is 19.7. The Hall–Kier alpha value is -4.93. The minimum absolute atomic E-state index is 0.0216. The zero-order valence-corrected chi connectivity index (χ0v) is 31.4. The van der Waals surface area contributed by atoms with Gasteiger partial charge < -0.3 is 29.7 Å². The van der Waals surface area contributed by atoms with E-state index in [1.54, 1.807) is 12.0 Å². The Morgan fingerprint density at radius 1 is 1.00 bits per heavy atom. The molecule has 11 nitrogen and oxygen atoms in total. The number of piperidine rings is 1. The van der Waals surface area contributed by atoms with E-state index in [0.717, 1.165) is 55.9 Å². The fourth-order valence-electron chi connectivity index (χ4n) is 8.75. The third-order valence-electron chi connectivity index (χ3n) is 12.0. The average Bonchev–Trinajstić information content (AvgIpc) is 3.77. The number of allylic oxidation sites excluding steroid dienone is 1. The molecular weight excluding hydrogens is 684 g/mol. The first-order valence-corrected chi connectivity index (χ1v) is 19.7. The van der Waals surface area contributed by atoms with Gasteiger partial charge in [-0.3, -0.25) is 14.4 Å². The number of aromatic nitrogens is 1. The van der Waals surface area contributed by atoms with E-state index in [1.165, 1.54) is 0 Å². The summed E-state index contributed by atoms with van der Waals surface area (Å²) in [6, 6.07) is 16.3. The van der Waals surface area contributed by atoms with Crippen molar-refractivity contribution in [2.45, 2.75) is 95.2 Å². The minimum Gasteiger partial charge on any atom is -0.497 e. The Labute approximate surface area is 317 Å². The van der Waals surface area contributed by atoms with Gasteiger partial charge in [0, 0.05) is 60.3 Å². The molecule has 1 aliphatic carbocycles. The summed E-state index contributed by atoms with van der Waals surface area (Å²) >= 11 is 0. The van der Waals surface area contributed by atoms with Crippen LogP contribution >= 0.6 is 0 Å². The highest BCUT2D eigenvalue weighted by molar-refractivity contribution is 5.96. The molecule has 3 unspecified atom stereocenters. The van der Waals surface area contributed by atoms with Gasteiger partial charge in [-0.05, 0) is 63.5 Å². The third kappa shape index (κ3) is 7.68. The van der Waals surface area contributed by atoms with Gasteiger partial charge in [0.05, 0.1) is 24.9 Å². The van der Waals surface area contributed by atoms with E-state index in [0.29, 0.717) is 55.1 Å². The molecule has 4 heterocycles. The maximum absolute atomic E-state index is 14.9. The summed E-state index contributed by atoms with van der Waals surface area (Å²) in [6.07, 6.45) is 11.1. The maximum Gasteiger partial charge on any atom is 0.330 e. The molecule has 4 aliphatic rings. The van der Waals surface area contributed by atoms with Gasteiger partial charge in [-0.2, -0.15) is 0 Å². The molecule has 54 heavy (non-hydrogen) atoms. The predicted octanol–water partition coefficient (Wildman–Crippen LogP) is 6.39. The first kappa shape index (κ1) is 37.4.